The van der Waals surface area contributed by atoms with Gasteiger partial charge in [0.2, 0.25) is 0 Å². The minimum absolute atomic E-state index is 0.00185. The molecule has 0 saturated heterocycles. The van der Waals surface area contributed by atoms with Crippen molar-refractivity contribution in [2.75, 3.05) is 20.1 Å². The van der Waals surface area contributed by atoms with Gasteiger partial charge in [0.1, 0.15) is 0 Å². The number of carbonyl (C=O) groups excluding carboxylic acids is 1. The van der Waals surface area contributed by atoms with E-state index in [0.29, 0.717) is 19.6 Å². The van der Waals surface area contributed by atoms with Crippen LogP contribution in [0.1, 0.15) is 17.4 Å². The predicted molar refractivity (Wildman–Crippen MR) is 60.9 cm³/mol. The van der Waals surface area contributed by atoms with Crippen LogP contribution in [-0.4, -0.2) is 51.7 Å². The van der Waals surface area contributed by atoms with Crippen LogP contribution in [0.15, 0.2) is 12.5 Å². The molecule has 1 aromatic rings. The van der Waals surface area contributed by atoms with Crippen molar-refractivity contribution >= 4 is 12.0 Å². The number of nitrogens with one attached hydrogen (secondary N) is 1. The third kappa shape index (κ3) is 3.78. The zero-order valence-corrected chi connectivity index (χ0v) is 9.88. The minimum Gasteiger partial charge on any atom is -0.476 e. The third-order valence-corrected chi connectivity index (χ3v) is 2.32. The summed E-state index contributed by atoms with van der Waals surface area (Å²) in [6.07, 6.45) is 2.86. The quantitative estimate of drug-likeness (QED) is 0.772. The van der Waals surface area contributed by atoms with Gasteiger partial charge in [0, 0.05) is 32.9 Å². The summed E-state index contributed by atoms with van der Waals surface area (Å²) in [5, 5.41) is 11.4. The van der Waals surface area contributed by atoms with E-state index in [0.717, 1.165) is 0 Å². The molecule has 0 atom stereocenters. The molecule has 0 spiro atoms. The first-order valence-corrected chi connectivity index (χ1v) is 5.28. The Hall–Kier alpha value is -2.05. The normalized spacial score (nSPS) is 10.0. The third-order valence-electron chi connectivity index (χ3n) is 2.32. The van der Waals surface area contributed by atoms with Gasteiger partial charge in [-0.15, -0.1) is 0 Å². The highest BCUT2D eigenvalue weighted by Crippen LogP contribution is 1.95. The van der Waals surface area contributed by atoms with Crippen LogP contribution >= 0.6 is 0 Å². The molecule has 0 aliphatic rings. The first kappa shape index (κ1) is 13.0. The lowest BCUT2D eigenvalue weighted by atomic mass is 10.5. The zero-order valence-electron chi connectivity index (χ0n) is 9.88. The molecule has 94 valence electrons. The average Bonchev–Trinajstić information content (AvgIpc) is 2.76. The Bertz CT molecular complexity index is 402. The highest BCUT2D eigenvalue weighted by Gasteiger charge is 2.07. The van der Waals surface area contributed by atoms with Gasteiger partial charge in [0.25, 0.3) is 0 Å². The monoisotopic (exact) mass is 240 g/mol. The van der Waals surface area contributed by atoms with Crippen LogP contribution in [0.3, 0.4) is 0 Å². The van der Waals surface area contributed by atoms with Crippen LogP contribution in [0.5, 0.6) is 0 Å². The van der Waals surface area contributed by atoms with Crippen LogP contribution in [0, 0.1) is 0 Å². The summed E-state index contributed by atoms with van der Waals surface area (Å²) in [5.41, 5.74) is 0.00185. The number of aromatic nitrogens is 2. The molecule has 0 saturated carbocycles. The zero-order chi connectivity index (χ0) is 12.8. The fourth-order valence-electron chi connectivity index (χ4n) is 1.16. The van der Waals surface area contributed by atoms with Crippen molar-refractivity contribution in [3.63, 3.8) is 0 Å². The van der Waals surface area contributed by atoms with Crippen LogP contribution < -0.4 is 5.32 Å². The van der Waals surface area contributed by atoms with Gasteiger partial charge in [0.05, 0.1) is 6.33 Å². The van der Waals surface area contributed by atoms with Gasteiger partial charge in [-0.3, -0.25) is 0 Å². The maximum atomic E-state index is 11.4. The SMILES string of the molecule is CCN(C)C(=O)NCCn1cnc(C(=O)O)c1. The van der Waals surface area contributed by atoms with Gasteiger partial charge in [-0.05, 0) is 6.92 Å². The second kappa shape index (κ2) is 5.88. The van der Waals surface area contributed by atoms with Crippen LogP contribution in [-0.2, 0) is 6.54 Å². The lowest BCUT2D eigenvalue weighted by molar-refractivity contribution is 0.0691. The van der Waals surface area contributed by atoms with Gasteiger partial charge < -0.3 is 19.9 Å². The molecule has 7 heteroatoms. The van der Waals surface area contributed by atoms with Gasteiger partial charge in [-0.1, -0.05) is 0 Å². The molecule has 17 heavy (non-hydrogen) atoms. The van der Waals surface area contributed by atoms with Gasteiger partial charge in [-0.2, -0.15) is 0 Å². The molecule has 2 N–H and O–H groups in total. The van der Waals surface area contributed by atoms with E-state index in [1.807, 2.05) is 6.92 Å². The fraction of sp³-hybridized carbons (Fsp3) is 0.500. The van der Waals surface area contributed by atoms with Crippen molar-refractivity contribution in [3.05, 3.63) is 18.2 Å². The largest absolute Gasteiger partial charge is 0.476 e. The van der Waals surface area contributed by atoms with Crippen LogP contribution in [0.25, 0.3) is 0 Å². The molecule has 2 amide bonds. The smallest absolute Gasteiger partial charge is 0.356 e. The standard InChI is InChI=1S/C10H16N4O3/c1-3-13(2)10(17)11-4-5-14-6-8(9(15)16)12-7-14/h6-7H,3-5H2,1-2H3,(H,11,17)(H,15,16). The summed E-state index contributed by atoms with van der Waals surface area (Å²) in [6.45, 7) is 3.44. The number of carboxylic acids is 1. The van der Waals surface area contributed by atoms with Crippen LogP contribution in [0.4, 0.5) is 4.79 Å². The number of hydrogen-bond donors (Lipinski definition) is 2. The van der Waals surface area contributed by atoms with E-state index in [-0.39, 0.29) is 11.7 Å². The summed E-state index contributed by atoms with van der Waals surface area (Å²) in [4.78, 5) is 27.2. The second-order valence-corrected chi connectivity index (χ2v) is 3.55. The van der Waals surface area contributed by atoms with Crippen molar-refractivity contribution in [2.24, 2.45) is 0 Å². The number of carboxylic acid groups (broad SMARTS) is 1. The molecule has 0 unspecified atom stereocenters. The van der Waals surface area contributed by atoms with Gasteiger partial charge >= 0.3 is 12.0 Å². The Labute approximate surface area is 99.1 Å². The first-order chi connectivity index (χ1) is 8.04. The molecule has 0 aliphatic heterocycles. The van der Waals surface area contributed by atoms with Crippen molar-refractivity contribution in [3.8, 4) is 0 Å². The number of hydrogen-bond acceptors (Lipinski definition) is 3. The van der Waals surface area contributed by atoms with E-state index in [1.165, 1.54) is 12.5 Å². The van der Waals surface area contributed by atoms with Gasteiger partial charge in [0.15, 0.2) is 5.69 Å². The Kier molecular flexibility index (Phi) is 4.50. The molecular weight excluding hydrogens is 224 g/mol. The molecule has 0 aromatic carbocycles. The molecule has 1 heterocycles. The van der Waals surface area contributed by atoms with Crippen molar-refractivity contribution in [2.45, 2.75) is 13.5 Å². The molecular formula is C10H16N4O3. The molecule has 0 bridgehead atoms. The Morgan fingerprint density at radius 3 is 2.82 bits per heavy atom. The number of nitrogens with zero attached hydrogens (tertiary/aromatic N) is 3. The molecule has 0 fully saturated rings. The molecule has 1 aromatic heterocycles. The lowest BCUT2D eigenvalue weighted by Gasteiger charge is -2.15. The highest BCUT2D eigenvalue weighted by atomic mass is 16.4. The van der Waals surface area contributed by atoms with Crippen molar-refractivity contribution in [1.82, 2.24) is 19.8 Å². The Morgan fingerprint density at radius 2 is 2.29 bits per heavy atom. The first-order valence-electron chi connectivity index (χ1n) is 5.28. The summed E-state index contributed by atoms with van der Waals surface area (Å²) < 4.78 is 1.62. The summed E-state index contributed by atoms with van der Waals surface area (Å²) in [6, 6.07) is -0.147. The van der Waals surface area contributed by atoms with Crippen LogP contribution in [0.2, 0.25) is 0 Å². The van der Waals surface area contributed by atoms with Crippen molar-refractivity contribution < 1.29 is 14.7 Å². The van der Waals surface area contributed by atoms with E-state index in [2.05, 4.69) is 10.3 Å². The van der Waals surface area contributed by atoms with Crippen molar-refractivity contribution in [1.29, 1.82) is 0 Å². The maximum absolute atomic E-state index is 11.4. The number of aromatic carboxylic acids is 1. The number of urea groups is 1. The molecule has 0 aliphatic carbocycles. The minimum atomic E-state index is -1.06. The molecule has 1 rings (SSSR count). The molecule has 0 radical (unpaired) electrons. The van der Waals surface area contributed by atoms with E-state index in [1.54, 1.807) is 16.5 Å². The van der Waals surface area contributed by atoms with E-state index in [4.69, 9.17) is 5.11 Å². The summed E-state index contributed by atoms with van der Waals surface area (Å²) in [5.74, 6) is -1.06. The summed E-state index contributed by atoms with van der Waals surface area (Å²) in [7, 11) is 1.70. The number of rotatable bonds is 5. The number of amides is 2. The van der Waals surface area contributed by atoms with E-state index < -0.39 is 5.97 Å². The summed E-state index contributed by atoms with van der Waals surface area (Å²) >= 11 is 0. The number of imidazole rings is 1. The Balaban J connectivity index is 2.35. The number of carbonyl (C=O) groups is 2. The Morgan fingerprint density at radius 1 is 1.59 bits per heavy atom. The predicted octanol–water partition coefficient (Wildman–Crippen LogP) is 0.243. The highest BCUT2D eigenvalue weighted by molar-refractivity contribution is 5.84. The van der Waals surface area contributed by atoms with E-state index >= 15 is 0 Å². The maximum Gasteiger partial charge on any atom is 0.356 e. The second-order valence-electron chi connectivity index (χ2n) is 3.55. The lowest BCUT2D eigenvalue weighted by Crippen LogP contribution is -2.38. The van der Waals surface area contributed by atoms with Gasteiger partial charge in [-0.25, -0.2) is 14.6 Å². The van der Waals surface area contributed by atoms with E-state index in [9.17, 15) is 9.59 Å². The topological polar surface area (TPSA) is 87.5 Å². The average molecular weight is 240 g/mol. The fourth-order valence-corrected chi connectivity index (χ4v) is 1.16. The molecule has 7 nitrogen and oxygen atoms in total.